The van der Waals surface area contributed by atoms with Crippen molar-refractivity contribution >= 4 is 5.97 Å². The molecule has 2 rings (SSSR count). The van der Waals surface area contributed by atoms with Crippen molar-refractivity contribution in [2.75, 3.05) is 27.3 Å². The Labute approximate surface area is 114 Å². The van der Waals surface area contributed by atoms with Crippen LogP contribution in [0, 0.1) is 6.92 Å². The number of rotatable bonds is 3. The Morgan fingerprint density at radius 1 is 1.32 bits per heavy atom. The van der Waals surface area contributed by atoms with Crippen LogP contribution < -0.4 is 5.32 Å². The number of hydrogen-bond donors (Lipinski definition) is 1. The molecule has 1 N–H and O–H groups in total. The van der Waals surface area contributed by atoms with Crippen LogP contribution >= 0.6 is 0 Å². The first kappa shape index (κ1) is 14.0. The maximum Gasteiger partial charge on any atom is 0.337 e. The molecule has 0 spiro atoms. The van der Waals surface area contributed by atoms with E-state index in [4.69, 9.17) is 9.47 Å². The molecule has 104 valence electrons. The molecule has 1 aliphatic heterocycles. The standard InChI is InChI=1S/C15H21NO3/c1-10-6-11(15(17)19-3)4-5-14(10)12-7-13(18-2)9-16-8-12/h4-6,12-13,16H,7-9H2,1-3H3. The van der Waals surface area contributed by atoms with E-state index in [0.29, 0.717) is 11.5 Å². The fourth-order valence-electron chi connectivity index (χ4n) is 2.70. The minimum atomic E-state index is -0.286. The van der Waals surface area contributed by atoms with Crippen LogP contribution in [-0.2, 0) is 9.47 Å². The molecule has 2 unspecified atom stereocenters. The summed E-state index contributed by atoms with van der Waals surface area (Å²) in [7, 11) is 3.15. The Bertz CT molecular complexity index is 459. The van der Waals surface area contributed by atoms with Crippen LogP contribution in [0.4, 0.5) is 0 Å². The Kier molecular flexibility index (Phi) is 4.56. The number of aryl methyl sites for hydroxylation is 1. The molecule has 1 aromatic rings. The number of nitrogens with one attached hydrogen (secondary N) is 1. The van der Waals surface area contributed by atoms with Gasteiger partial charge >= 0.3 is 5.97 Å². The maximum atomic E-state index is 11.5. The van der Waals surface area contributed by atoms with Gasteiger partial charge in [0.15, 0.2) is 0 Å². The average molecular weight is 263 g/mol. The number of carbonyl (C=O) groups excluding carboxylic acids is 1. The van der Waals surface area contributed by atoms with Crippen molar-refractivity contribution in [1.82, 2.24) is 5.32 Å². The minimum Gasteiger partial charge on any atom is -0.465 e. The highest BCUT2D eigenvalue weighted by Crippen LogP contribution is 2.27. The molecule has 0 radical (unpaired) electrons. The summed E-state index contributed by atoms with van der Waals surface area (Å²) in [4.78, 5) is 11.5. The van der Waals surface area contributed by atoms with E-state index >= 15 is 0 Å². The second-order valence-corrected chi connectivity index (χ2v) is 5.01. The number of benzene rings is 1. The number of piperidine rings is 1. The summed E-state index contributed by atoms with van der Waals surface area (Å²) in [5.41, 5.74) is 3.02. The van der Waals surface area contributed by atoms with Crippen LogP contribution in [0.1, 0.15) is 33.8 Å². The number of ether oxygens (including phenoxy) is 2. The van der Waals surface area contributed by atoms with Crippen molar-refractivity contribution in [1.29, 1.82) is 0 Å². The molecule has 1 saturated heterocycles. The molecule has 0 aliphatic carbocycles. The molecule has 0 amide bonds. The number of methoxy groups -OCH3 is 2. The van der Waals surface area contributed by atoms with Crippen molar-refractivity contribution in [2.24, 2.45) is 0 Å². The summed E-state index contributed by atoms with van der Waals surface area (Å²) < 4.78 is 10.2. The summed E-state index contributed by atoms with van der Waals surface area (Å²) in [5, 5.41) is 3.39. The van der Waals surface area contributed by atoms with E-state index in [-0.39, 0.29) is 12.1 Å². The Balaban J connectivity index is 2.18. The van der Waals surface area contributed by atoms with Crippen molar-refractivity contribution in [3.63, 3.8) is 0 Å². The molecule has 0 bridgehead atoms. The highest BCUT2D eigenvalue weighted by atomic mass is 16.5. The Hall–Kier alpha value is -1.39. The molecule has 2 atom stereocenters. The lowest BCUT2D eigenvalue weighted by Gasteiger charge is -2.30. The van der Waals surface area contributed by atoms with Gasteiger partial charge in [0, 0.05) is 20.2 Å². The van der Waals surface area contributed by atoms with E-state index < -0.39 is 0 Å². The topological polar surface area (TPSA) is 47.6 Å². The predicted molar refractivity (Wildman–Crippen MR) is 73.5 cm³/mol. The van der Waals surface area contributed by atoms with Gasteiger partial charge < -0.3 is 14.8 Å². The SMILES string of the molecule is COC(=O)c1ccc(C2CNCC(OC)C2)c(C)c1. The predicted octanol–water partition coefficient (Wildman–Crippen LogP) is 1.87. The monoisotopic (exact) mass is 263 g/mol. The fourth-order valence-corrected chi connectivity index (χ4v) is 2.70. The number of carbonyl (C=O) groups is 1. The first-order valence-electron chi connectivity index (χ1n) is 6.58. The molecular weight excluding hydrogens is 242 g/mol. The normalized spacial score (nSPS) is 23.1. The van der Waals surface area contributed by atoms with Gasteiger partial charge in [-0.3, -0.25) is 0 Å². The number of hydrogen-bond acceptors (Lipinski definition) is 4. The second-order valence-electron chi connectivity index (χ2n) is 5.01. The van der Waals surface area contributed by atoms with Gasteiger partial charge in [-0.1, -0.05) is 6.07 Å². The van der Waals surface area contributed by atoms with Crippen LogP contribution in [0.3, 0.4) is 0 Å². The second kappa shape index (κ2) is 6.17. The van der Waals surface area contributed by atoms with E-state index in [2.05, 4.69) is 5.32 Å². The lowest BCUT2D eigenvalue weighted by atomic mass is 9.87. The molecule has 1 fully saturated rings. The van der Waals surface area contributed by atoms with E-state index in [9.17, 15) is 4.79 Å². The van der Waals surface area contributed by atoms with Crippen LogP contribution in [0.2, 0.25) is 0 Å². The van der Waals surface area contributed by atoms with Crippen molar-refractivity contribution in [2.45, 2.75) is 25.4 Å². The highest BCUT2D eigenvalue weighted by molar-refractivity contribution is 5.89. The zero-order chi connectivity index (χ0) is 13.8. The third-order valence-corrected chi connectivity index (χ3v) is 3.77. The van der Waals surface area contributed by atoms with E-state index in [1.807, 2.05) is 25.1 Å². The van der Waals surface area contributed by atoms with E-state index in [0.717, 1.165) is 25.1 Å². The van der Waals surface area contributed by atoms with Gasteiger partial charge in [0.05, 0.1) is 18.8 Å². The van der Waals surface area contributed by atoms with Crippen LogP contribution in [0.5, 0.6) is 0 Å². The molecule has 4 nitrogen and oxygen atoms in total. The van der Waals surface area contributed by atoms with Crippen molar-refractivity contribution in [3.8, 4) is 0 Å². The smallest absolute Gasteiger partial charge is 0.337 e. The van der Waals surface area contributed by atoms with Crippen molar-refractivity contribution < 1.29 is 14.3 Å². The van der Waals surface area contributed by atoms with Gasteiger partial charge in [0.1, 0.15) is 0 Å². The van der Waals surface area contributed by atoms with E-state index in [1.54, 1.807) is 7.11 Å². The molecular formula is C15H21NO3. The summed E-state index contributed by atoms with van der Waals surface area (Å²) in [6, 6.07) is 5.77. The van der Waals surface area contributed by atoms with Gasteiger partial charge in [0.25, 0.3) is 0 Å². The molecule has 1 aromatic carbocycles. The summed E-state index contributed by atoms with van der Waals surface area (Å²) >= 11 is 0. The summed E-state index contributed by atoms with van der Waals surface area (Å²) in [6.07, 6.45) is 1.28. The minimum absolute atomic E-state index is 0.262. The molecule has 1 heterocycles. The third-order valence-electron chi connectivity index (χ3n) is 3.77. The Morgan fingerprint density at radius 2 is 2.11 bits per heavy atom. The molecule has 4 heteroatoms. The van der Waals surface area contributed by atoms with Crippen LogP contribution in [-0.4, -0.2) is 39.4 Å². The fraction of sp³-hybridized carbons (Fsp3) is 0.533. The van der Waals surface area contributed by atoms with Gasteiger partial charge in [-0.05, 0) is 42.5 Å². The largest absolute Gasteiger partial charge is 0.465 e. The maximum absolute atomic E-state index is 11.5. The lowest BCUT2D eigenvalue weighted by Crippen LogP contribution is -2.39. The zero-order valence-corrected chi connectivity index (χ0v) is 11.7. The summed E-state index contributed by atoms with van der Waals surface area (Å²) in [6.45, 7) is 3.91. The van der Waals surface area contributed by atoms with Gasteiger partial charge in [-0.2, -0.15) is 0 Å². The molecule has 0 aromatic heterocycles. The average Bonchev–Trinajstić information content (AvgIpc) is 2.46. The van der Waals surface area contributed by atoms with Gasteiger partial charge in [-0.15, -0.1) is 0 Å². The first-order valence-corrected chi connectivity index (χ1v) is 6.58. The van der Waals surface area contributed by atoms with Gasteiger partial charge in [-0.25, -0.2) is 4.79 Å². The first-order chi connectivity index (χ1) is 9.15. The lowest BCUT2D eigenvalue weighted by molar-refractivity contribution is 0.0600. The van der Waals surface area contributed by atoms with Gasteiger partial charge in [0.2, 0.25) is 0 Å². The van der Waals surface area contributed by atoms with Crippen LogP contribution in [0.15, 0.2) is 18.2 Å². The zero-order valence-electron chi connectivity index (χ0n) is 11.7. The molecule has 0 saturated carbocycles. The molecule has 1 aliphatic rings. The van der Waals surface area contributed by atoms with Crippen LogP contribution in [0.25, 0.3) is 0 Å². The number of esters is 1. The van der Waals surface area contributed by atoms with E-state index in [1.165, 1.54) is 12.7 Å². The summed E-state index contributed by atoms with van der Waals surface area (Å²) in [5.74, 6) is 0.150. The van der Waals surface area contributed by atoms with Crippen molar-refractivity contribution in [3.05, 3.63) is 34.9 Å². The Morgan fingerprint density at radius 3 is 2.74 bits per heavy atom. The third kappa shape index (κ3) is 3.14. The highest BCUT2D eigenvalue weighted by Gasteiger charge is 2.24. The molecule has 19 heavy (non-hydrogen) atoms. The quantitative estimate of drug-likeness (QED) is 0.846.